The van der Waals surface area contributed by atoms with E-state index in [0.29, 0.717) is 59.0 Å². The van der Waals surface area contributed by atoms with E-state index in [1.807, 2.05) is 0 Å². The van der Waals surface area contributed by atoms with E-state index in [-0.39, 0.29) is 116 Å². The largest absolute Gasteiger partial charge is 0.494 e. The maximum absolute atomic E-state index is 14.0. The van der Waals surface area contributed by atoms with Gasteiger partial charge in [-0.2, -0.15) is 10.5 Å². The number of hydrogen-bond acceptors (Lipinski definition) is 20. The van der Waals surface area contributed by atoms with E-state index in [1.165, 1.54) is 24.5 Å². The number of nitrogens with zero attached hydrogens (tertiary/aromatic N) is 10. The number of aromatic nitrogens is 2. The van der Waals surface area contributed by atoms with Crippen molar-refractivity contribution in [3.05, 3.63) is 72.1 Å². The molecule has 3 atom stereocenters. The number of carboxylic acid groups (broad SMARTS) is 3. The number of pyridine rings is 2. The van der Waals surface area contributed by atoms with Gasteiger partial charge in [-0.1, -0.05) is 0 Å². The number of aliphatic carboxylic acids is 3. The fourth-order valence-corrected chi connectivity index (χ4v) is 11.2. The van der Waals surface area contributed by atoms with E-state index in [1.54, 1.807) is 68.1 Å². The predicted octanol–water partition coefficient (Wildman–Crippen LogP) is 0.753. The third-order valence-electron chi connectivity index (χ3n) is 16.2. The molecular weight excluding hydrogens is 1280 g/mol. The van der Waals surface area contributed by atoms with Crippen molar-refractivity contribution < 1.29 is 90.3 Å². The molecule has 97 heavy (non-hydrogen) atoms. The van der Waals surface area contributed by atoms with Crippen molar-refractivity contribution >= 4 is 81.1 Å². The fourth-order valence-electron chi connectivity index (χ4n) is 11.2. The van der Waals surface area contributed by atoms with Crippen LogP contribution in [0.4, 0.5) is 17.6 Å². The Kier molecular flexibility index (Phi) is 27.4. The predicted molar refractivity (Wildman–Crippen MR) is 335 cm³/mol. The number of benzene rings is 2. The molecular formula is C63H77F4N15O15. The van der Waals surface area contributed by atoms with Crippen LogP contribution in [0.25, 0.3) is 21.8 Å². The summed E-state index contributed by atoms with van der Waals surface area (Å²) in [7, 11) is 0. The molecule has 4 aromatic rings. The number of unbranched alkanes of at least 4 members (excludes halogenated alkanes) is 2. The van der Waals surface area contributed by atoms with Crippen LogP contribution < -0.4 is 36.1 Å². The second-order valence-corrected chi connectivity index (χ2v) is 23.6. The molecule has 34 heteroatoms. The molecule has 0 aliphatic carbocycles. The number of ether oxygens (including phenoxy) is 2. The molecule has 7 amide bonds. The van der Waals surface area contributed by atoms with Crippen LogP contribution in [0.1, 0.15) is 72.1 Å². The zero-order valence-electron chi connectivity index (χ0n) is 53.0. The lowest BCUT2D eigenvalue weighted by atomic mass is 10.1. The first-order valence-corrected chi connectivity index (χ1v) is 31.4. The normalized spacial score (nSPS) is 18.1. The second kappa shape index (κ2) is 35.7. The summed E-state index contributed by atoms with van der Waals surface area (Å²) in [5.41, 5.74) is 1.06. The van der Waals surface area contributed by atoms with E-state index >= 15 is 0 Å². The molecule has 2 aromatic heterocycles. The molecule has 0 radical (unpaired) electrons. The summed E-state index contributed by atoms with van der Waals surface area (Å²) in [6.07, 6.45) is 2.43. The van der Waals surface area contributed by atoms with Gasteiger partial charge in [-0.05, 0) is 80.6 Å². The van der Waals surface area contributed by atoms with Gasteiger partial charge in [0.1, 0.15) is 29.6 Å². The zero-order chi connectivity index (χ0) is 70.2. The van der Waals surface area contributed by atoms with E-state index in [4.69, 9.17) is 9.47 Å². The average molecular weight is 1360 g/mol. The van der Waals surface area contributed by atoms with Crippen LogP contribution in [0, 0.1) is 22.7 Å². The maximum atomic E-state index is 14.0. The smallest absolute Gasteiger partial charge is 0.317 e. The number of carbonyl (C=O) groups excluding carboxylic acids is 7. The lowest BCUT2D eigenvalue weighted by Gasteiger charge is -2.33. The summed E-state index contributed by atoms with van der Waals surface area (Å²) in [5, 5.41) is 61.4. The Morgan fingerprint density at radius 3 is 1.35 bits per heavy atom. The molecule has 3 aliphatic rings. The van der Waals surface area contributed by atoms with Crippen LogP contribution in [-0.2, 0) is 38.4 Å². The molecule has 522 valence electrons. The van der Waals surface area contributed by atoms with Crippen LogP contribution >= 0.6 is 0 Å². The highest BCUT2D eigenvalue weighted by atomic mass is 19.3. The molecule has 3 fully saturated rings. The topological polar surface area (TPSA) is 403 Å². The number of rotatable bonds is 31. The minimum Gasteiger partial charge on any atom is -0.494 e. The second-order valence-electron chi connectivity index (χ2n) is 23.6. The van der Waals surface area contributed by atoms with Gasteiger partial charge in [-0.25, -0.2) is 17.6 Å². The van der Waals surface area contributed by atoms with Gasteiger partial charge in [-0.15, -0.1) is 0 Å². The number of halogens is 4. The monoisotopic (exact) mass is 1360 g/mol. The minimum atomic E-state index is -3.23. The van der Waals surface area contributed by atoms with Crippen LogP contribution in [0.5, 0.6) is 11.5 Å². The molecule has 2 aromatic carbocycles. The third-order valence-corrected chi connectivity index (χ3v) is 16.2. The lowest BCUT2D eigenvalue weighted by molar-refractivity contribution is -0.140. The molecule has 0 spiro atoms. The SMILES string of the molecule is N#C[C@@H]1CC(F)(F)CN1C(=O)CNC(=O)c1ccnc2ccc(OCCCCNC(=O)[C@H](CCC(=O)NCCCCOc3ccc4nccc(C(=O)NCC(=O)N5CC(F)(F)C[C@@H]5C#N)c4c3)NC(=O)CN3CCN(CC(=O)O)CCN(CC(=O)O)CCN(CC(=O)O)CC3)cc12. The molecule has 8 N–H and O–H groups in total. The first kappa shape index (κ1) is 74.5. The maximum Gasteiger partial charge on any atom is 0.317 e. The van der Waals surface area contributed by atoms with Crippen molar-refractivity contribution in [2.24, 2.45) is 0 Å². The van der Waals surface area contributed by atoms with Gasteiger partial charge in [0.05, 0.1) is 99.9 Å². The summed E-state index contributed by atoms with van der Waals surface area (Å²) in [4.78, 5) is 145. The number of likely N-dealkylation sites (tertiary alicyclic amines) is 2. The zero-order valence-corrected chi connectivity index (χ0v) is 53.0. The summed E-state index contributed by atoms with van der Waals surface area (Å²) in [6, 6.07) is 11.9. The van der Waals surface area contributed by atoms with Gasteiger partial charge in [0.25, 0.3) is 23.7 Å². The van der Waals surface area contributed by atoms with Crippen molar-refractivity contribution in [3.63, 3.8) is 0 Å². The number of nitrogens with one attached hydrogen (secondary N) is 5. The Balaban J connectivity index is 0.924. The number of nitriles is 2. The third kappa shape index (κ3) is 23.5. The molecule has 5 heterocycles. The van der Waals surface area contributed by atoms with Gasteiger partial charge >= 0.3 is 17.9 Å². The number of carboxylic acids is 3. The van der Waals surface area contributed by atoms with Crippen LogP contribution in [0.3, 0.4) is 0 Å². The summed E-state index contributed by atoms with van der Waals surface area (Å²) >= 11 is 0. The van der Waals surface area contributed by atoms with Crippen LogP contribution in [-0.4, -0.2) is 275 Å². The molecule has 30 nitrogen and oxygen atoms in total. The highest BCUT2D eigenvalue weighted by Gasteiger charge is 2.48. The Morgan fingerprint density at radius 1 is 0.546 bits per heavy atom. The number of alkyl halides is 4. The van der Waals surface area contributed by atoms with Crippen molar-refractivity contribution in [2.45, 2.75) is 81.3 Å². The Hall–Kier alpha value is -9.90. The first-order valence-electron chi connectivity index (χ1n) is 31.4. The Morgan fingerprint density at radius 2 is 0.948 bits per heavy atom. The molecule has 0 unspecified atom stereocenters. The molecule has 0 saturated carbocycles. The number of hydrogen-bond donors (Lipinski definition) is 8. The summed E-state index contributed by atoms with van der Waals surface area (Å²) in [5.74, 6) is -13.9. The highest BCUT2D eigenvalue weighted by Crippen LogP contribution is 2.33. The van der Waals surface area contributed by atoms with Gasteiger partial charge in [0.15, 0.2) is 0 Å². The molecule has 7 rings (SSSR count). The Bertz CT molecular complexity index is 3570. The molecule has 3 saturated heterocycles. The van der Waals surface area contributed by atoms with Crippen molar-refractivity contribution in [1.82, 2.24) is 66.0 Å². The van der Waals surface area contributed by atoms with E-state index in [2.05, 4.69) is 36.6 Å². The summed E-state index contributed by atoms with van der Waals surface area (Å²) < 4.78 is 67.8. The average Bonchev–Trinajstić information content (AvgIpc) is 0.897. The van der Waals surface area contributed by atoms with Gasteiger partial charge < -0.3 is 61.2 Å². The van der Waals surface area contributed by atoms with Crippen molar-refractivity contribution in [3.8, 4) is 23.6 Å². The van der Waals surface area contributed by atoms with Gasteiger partial charge in [0, 0.05) is 108 Å². The van der Waals surface area contributed by atoms with Gasteiger partial charge in [0.2, 0.25) is 29.5 Å². The molecule has 3 aliphatic heterocycles. The molecule has 0 bridgehead atoms. The minimum absolute atomic E-state index is 0.0963. The summed E-state index contributed by atoms with van der Waals surface area (Å²) in [6.45, 7) is -2.93. The lowest BCUT2D eigenvalue weighted by Crippen LogP contribution is -2.52. The first-order chi connectivity index (χ1) is 46.3. The van der Waals surface area contributed by atoms with Crippen molar-refractivity contribution in [2.75, 3.05) is 131 Å². The van der Waals surface area contributed by atoms with E-state index in [9.17, 15) is 91.4 Å². The van der Waals surface area contributed by atoms with E-state index < -0.39 is 141 Å². The highest BCUT2D eigenvalue weighted by molar-refractivity contribution is 6.08. The van der Waals surface area contributed by atoms with Gasteiger partial charge in [-0.3, -0.25) is 77.5 Å². The number of fused-ring (bicyclic) bond motifs is 2. The Labute approximate surface area is 554 Å². The standard InChI is InChI=1S/C63H77F4N15O15/c64-62(65)29-41(31-68)81(39-62)54(85)33-74-59(93)45-11-15-70-49-7-5-43(27-47(45)49)96-25-3-1-13-72-52(83)10-9-51(76-53(84)35-77-17-19-78(36-56(87)88)21-23-80(38-58(91)92)24-22-79(20-18-77)37-57(89)90)61(95)73-14-2-4-26-97-44-6-8-50-48(28-44)46(12-16-71-50)60(94)75-34-55(86)82-40-63(66,67)30-42(82)32-69/h5-8,11-12,15-16,27-28,41-42,51H,1-4,9-10,13-14,17-26,29-30,33-40H2,(H,72,83)(H,73,95)(H,74,93)(H,75,94)(H,76,84)(H,87,88)(H,89,90)(H,91,92)/t41-,42+,51+/m1/s1. The quantitative estimate of drug-likeness (QED) is 0.0255. The van der Waals surface area contributed by atoms with E-state index in [0.717, 1.165) is 9.80 Å². The fraction of sp³-hybridized carbons (Fsp3) is 0.524. The number of amides is 7. The van der Waals surface area contributed by atoms with Crippen LogP contribution in [0.15, 0.2) is 60.9 Å². The number of carbonyl (C=O) groups is 10. The van der Waals surface area contributed by atoms with Crippen molar-refractivity contribution in [1.29, 1.82) is 10.5 Å². The van der Waals surface area contributed by atoms with Crippen LogP contribution in [0.2, 0.25) is 0 Å².